The lowest BCUT2D eigenvalue weighted by Crippen LogP contribution is -2.08. The number of esters is 1. The van der Waals surface area contributed by atoms with Gasteiger partial charge in [-0.15, -0.1) is 11.3 Å². The van der Waals surface area contributed by atoms with Crippen LogP contribution in [0, 0.1) is 5.82 Å². The molecule has 0 aliphatic heterocycles. The van der Waals surface area contributed by atoms with E-state index in [1.807, 2.05) is 5.38 Å². The van der Waals surface area contributed by atoms with Crippen molar-refractivity contribution in [3.63, 3.8) is 0 Å². The fraction of sp³-hybridized carbons (Fsp3) is 0.125. The SMILES string of the molecule is COC(=O)CC(=O)c1cc(-c2c[nH]c3cc(F)ccc23)cs1. The van der Waals surface area contributed by atoms with Crippen LogP contribution in [0.5, 0.6) is 0 Å². The van der Waals surface area contributed by atoms with E-state index >= 15 is 0 Å². The maximum atomic E-state index is 13.2. The van der Waals surface area contributed by atoms with E-state index in [0.29, 0.717) is 10.4 Å². The van der Waals surface area contributed by atoms with Crippen molar-refractivity contribution >= 4 is 34.0 Å². The van der Waals surface area contributed by atoms with Gasteiger partial charge >= 0.3 is 5.97 Å². The molecule has 0 atom stereocenters. The molecule has 6 heteroatoms. The van der Waals surface area contributed by atoms with Crippen molar-refractivity contribution in [1.82, 2.24) is 4.98 Å². The lowest BCUT2D eigenvalue weighted by atomic mass is 10.1. The minimum absolute atomic E-state index is 0.268. The summed E-state index contributed by atoms with van der Waals surface area (Å²) in [6.07, 6.45) is 1.51. The van der Waals surface area contributed by atoms with E-state index in [1.54, 1.807) is 18.3 Å². The number of H-pyrrole nitrogens is 1. The van der Waals surface area contributed by atoms with Crippen LogP contribution in [0.4, 0.5) is 4.39 Å². The number of ketones is 1. The van der Waals surface area contributed by atoms with Gasteiger partial charge in [0.2, 0.25) is 0 Å². The number of hydrogen-bond donors (Lipinski definition) is 1. The first-order valence-corrected chi connectivity index (χ1v) is 7.42. The molecule has 1 N–H and O–H groups in total. The molecular weight excluding hydrogens is 305 g/mol. The minimum atomic E-state index is -0.553. The van der Waals surface area contributed by atoms with Crippen LogP contribution in [-0.4, -0.2) is 23.8 Å². The standard InChI is InChI=1S/C16H12FNO3S/c1-21-16(20)6-14(19)15-4-9(8-22-15)12-7-18-13-5-10(17)2-3-11(12)13/h2-5,7-8,18H,6H2,1H3. The van der Waals surface area contributed by atoms with Gasteiger partial charge in [-0.1, -0.05) is 0 Å². The number of aromatic amines is 1. The molecule has 3 aromatic rings. The summed E-state index contributed by atoms with van der Waals surface area (Å²) in [5, 5.41) is 2.72. The number of nitrogens with one attached hydrogen (secondary N) is 1. The molecule has 22 heavy (non-hydrogen) atoms. The van der Waals surface area contributed by atoms with Crippen molar-refractivity contribution in [1.29, 1.82) is 0 Å². The molecule has 2 heterocycles. The molecule has 0 radical (unpaired) electrons. The van der Waals surface area contributed by atoms with Crippen molar-refractivity contribution in [2.45, 2.75) is 6.42 Å². The molecule has 0 aliphatic carbocycles. The summed E-state index contributed by atoms with van der Waals surface area (Å²) >= 11 is 1.27. The van der Waals surface area contributed by atoms with E-state index in [9.17, 15) is 14.0 Å². The summed E-state index contributed by atoms with van der Waals surface area (Å²) in [5.74, 6) is -1.13. The molecule has 0 saturated carbocycles. The zero-order valence-electron chi connectivity index (χ0n) is 11.7. The number of methoxy groups -OCH3 is 1. The first-order chi connectivity index (χ1) is 10.6. The number of Topliss-reactive ketones (excluding diaryl/α,β-unsaturated/α-hetero) is 1. The van der Waals surface area contributed by atoms with E-state index in [0.717, 1.165) is 16.5 Å². The predicted octanol–water partition coefficient (Wildman–Crippen LogP) is 3.78. The molecule has 4 nitrogen and oxygen atoms in total. The summed E-state index contributed by atoms with van der Waals surface area (Å²) < 4.78 is 17.7. The van der Waals surface area contributed by atoms with Crippen LogP contribution < -0.4 is 0 Å². The van der Waals surface area contributed by atoms with Crippen molar-refractivity contribution in [3.8, 4) is 11.1 Å². The number of ether oxygens (including phenoxy) is 1. The number of benzene rings is 1. The first kappa shape index (κ1) is 14.5. The molecule has 0 amide bonds. The molecule has 0 fully saturated rings. The highest BCUT2D eigenvalue weighted by molar-refractivity contribution is 7.12. The Hall–Kier alpha value is -2.47. The number of carbonyl (C=O) groups excluding carboxylic acids is 2. The number of halogens is 1. The molecule has 0 unspecified atom stereocenters. The zero-order chi connectivity index (χ0) is 15.7. The Kier molecular flexibility index (Phi) is 3.77. The molecule has 0 aliphatic rings. The number of rotatable bonds is 4. The number of aromatic nitrogens is 1. The van der Waals surface area contributed by atoms with Crippen LogP contribution in [0.2, 0.25) is 0 Å². The molecule has 0 saturated heterocycles. The first-order valence-electron chi connectivity index (χ1n) is 6.54. The second-order valence-electron chi connectivity index (χ2n) is 4.77. The lowest BCUT2D eigenvalue weighted by Gasteiger charge is -1.97. The molecule has 2 aromatic heterocycles. The third-order valence-electron chi connectivity index (χ3n) is 3.36. The lowest BCUT2D eigenvalue weighted by molar-refractivity contribution is -0.139. The summed E-state index contributed by atoms with van der Waals surface area (Å²) in [6.45, 7) is 0. The van der Waals surface area contributed by atoms with Crippen LogP contribution in [0.1, 0.15) is 16.1 Å². The van der Waals surface area contributed by atoms with Crippen molar-refractivity contribution in [2.75, 3.05) is 7.11 Å². The maximum Gasteiger partial charge on any atom is 0.313 e. The number of thiophene rings is 1. The van der Waals surface area contributed by atoms with E-state index < -0.39 is 5.97 Å². The second kappa shape index (κ2) is 5.73. The third kappa shape index (κ3) is 2.65. The van der Waals surface area contributed by atoms with Crippen LogP contribution >= 0.6 is 11.3 Å². The van der Waals surface area contributed by atoms with E-state index in [1.165, 1.54) is 30.6 Å². The molecule has 0 bridgehead atoms. The van der Waals surface area contributed by atoms with E-state index in [2.05, 4.69) is 9.72 Å². The highest BCUT2D eigenvalue weighted by Crippen LogP contribution is 2.32. The quantitative estimate of drug-likeness (QED) is 0.452. The van der Waals surface area contributed by atoms with Gasteiger partial charge in [-0.3, -0.25) is 9.59 Å². The van der Waals surface area contributed by atoms with Crippen molar-refractivity contribution in [2.24, 2.45) is 0 Å². The number of fused-ring (bicyclic) bond motifs is 1. The van der Waals surface area contributed by atoms with Gasteiger partial charge in [-0.2, -0.15) is 0 Å². The van der Waals surface area contributed by atoms with Crippen LogP contribution in [0.25, 0.3) is 22.0 Å². The van der Waals surface area contributed by atoms with Crippen LogP contribution in [0.15, 0.2) is 35.8 Å². The highest BCUT2D eigenvalue weighted by Gasteiger charge is 2.16. The Morgan fingerprint density at radius 2 is 2.14 bits per heavy atom. The largest absolute Gasteiger partial charge is 0.469 e. The zero-order valence-corrected chi connectivity index (χ0v) is 12.5. The highest BCUT2D eigenvalue weighted by atomic mass is 32.1. The monoisotopic (exact) mass is 317 g/mol. The Balaban J connectivity index is 1.92. The topological polar surface area (TPSA) is 59.2 Å². The van der Waals surface area contributed by atoms with Gasteiger partial charge in [0.25, 0.3) is 0 Å². The van der Waals surface area contributed by atoms with Crippen LogP contribution in [-0.2, 0) is 9.53 Å². The summed E-state index contributed by atoms with van der Waals surface area (Å²) in [4.78, 5) is 26.6. The third-order valence-corrected chi connectivity index (χ3v) is 4.33. The summed E-state index contributed by atoms with van der Waals surface area (Å²) in [6, 6.07) is 6.26. The smallest absolute Gasteiger partial charge is 0.313 e. The van der Waals surface area contributed by atoms with Gasteiger partial charge in [-0.05, 0) is 35.2 Å². The normalized spacial score (nSPS) is 10.8. The van der Waals surface area contributed by atoms with Gasteiger partial charge in [0.05, 0.1) is 12.0 Å². The Labute approximate surface area is 129 Å². The fourth-order valence-corrected chi connectivity index (χ4v) is 3.10. The summed E-state index contributed by atoms with van der Waals surface area (Å²) in [5.41, 5.74) is 2.45. The Morgan fingerprint density at radius 3 is 2.91 bits per heavy atom. The second-order valence-corrected chi connectivity index (χ2v) is 5.68. The Bertz CT molecular complexity index is 865. The van der Waals surface area contributed by atoms with Crippen molar-refractivity contribution in [3.05, 3.63) is 46.5 Å². The summed E-state index contributed by atoms with van der Waals surface area (Å²) in [7, 11) is 1.25. The van der Waals surface area contributed by atoms with Gasteiger partial charge in [-0.25, -0.2) is 4.39 Å². The molecule has 112 valence electrons. The molecular formula is C16H12FNO3S. The Morgan fingerprint density at radius 1 is 1.32 bits per heavy atom. The molecule has 1 aromatic carbocycles. The van der Waals surface area contributed by atoms with E-state index in [4.69, 9.17) is 0 Å². The number of carbonyl (C=O) groups is 2. The van der Waals surface area contributed by atoms with Gasteiger partial charge in [0.1, 0.15) is 12.2 Å². The predicted molar refractivity (Wildman–Crippen MR) is 82.5 cm³/mol. The van der Waals surface area contributed by atoms with Gasteiger partial charge in [0.15, 0.2) is 5.78 Å². The van der Waals surface area contributed by atoms with Gasteiger partial charge in [0, 0.05) is 22.7 Å². The molecule has 0 spiro atoms. The molecule has 3 rings (SSSR count). The van der Waals surface area contributed by atoms with Crippen molar-refractivity contribution < 1.29 is 18.7 Å². The number of hydrogen-bond acceptors (Lipinski definition) is 4. The average molecular weight is 317 g/mol. The van der Waals surface area contributed by atoms with Crippen LogP contribution in [0.3, 0.4) is 0 Å². The van der Waals surface area contributed by atoms with Gasteiger partial charge < -0.3 is 9.72 Å². The van der Waals surface area contributed by atoms with E-state index in [-0.39, 0.29) is 18.0 Å². The average Bonchev–Trinajstić information content (AvgIpc) is 3.12. The minimum Gasteiger partial charge on any atom is -0.469 e. The fourth-order valence-electron chi connectivity index (χ4n) is 2.25. The maximum absolute atomic E-state index is 13.2.